The molecule has 2 aromatic rings. The van der Waals surface area contributed by atoms with E-state index in [1.165, 1.54) is 0 Å². The Bertz CT molecular complexity index is 711. The first-order valence-corrected chi connectivity index (χ1v) is 7.14. The Morgan fingerprint density at radius 3 is 2.60 bits per heavy atom. The van der Waals surface area contributed by atoms with Gasteiger partial charge in [-0.3, -0.25) is 4.79 Å². The SMILES string of the molecule is O=C(c1ccc(Cl)c(Cl)c1)c1cc(Cl)cc2c1OCC2. The fourth-order valence-corrected chi connectivity index (χ4v) is 2.77. The highest BCUT2D eigenvalue weighted by atomic mass is 35.5. The first-order chi connectivity index (χ1) is 9.56. The summed E-state index contributed by atoms with van der Waals surface area (Å²) in [6.07, 6.45) is 0.761. The molecule has 1 aliphatic heterocycles. The Morgan fingerprint density at radius 2 is 1.85 bits per heavy atom. The Kier molecular flexibility index (Phi) is 3.63. The van der Waals surface area contributed by atoms with E-state index in [1.807, 2.05) is 6.07 Å². The first-order valence-electron chi connectivity index (χ1n) is 6.01. The van der Waals surface area contributed by atoms with Crippen LogP contribution in [0.5, 0.6) is 5.75 Å². The second-order valence-electron chi connectivity index (χ2n) is 4.50. The third kappa shape index (κ3) is 2.39. The van der Waals surface area contributed by atoms with Crippen molar-refractivity contribution in [3.63, 3.8) is 0 Å². The van der Waals surface area contributed by atoms with E-state index in [0.717, 1.165) is 12.0 Å². The van der Waals surface area contributed by atoms with Crippen LogP contribution in [0, 0.1) is 0 Å². The van der Waals surface area contributed by atoms with Crippen molar-refractivity contribution in [2.24, 2.45) is 0 Å². The van der Waals surface area contributed by atoms with Crippen LogP contribution in [0.25, 0.3) is 0 Å². The number of ether oxygens (including phenoxy) is 1. The first kappa shape index (κ1) is 13.7. The van der Waals surface area contributed by atoms with Gasteiger partial charge in [0.05, 0.1) is 22.2 Å². The molecule has 0 fully saturated rings. The maximum absolute atomic E-state index is 12.6. The zero-order valence-corrected chi connectivity index (χ0v) is 12.5. The Labute approximate surface area is 131 Å². The number of hydrogen-bond donors (Lipinski definition) is 0. The molecule has 0 spiro atoms. The largest absolute Gasteiger partial charge is 0.492 e. The lowest BCUT2D eigenvalue weighted by Crippen LogP contribution is -2.04. The average Bonchev–Trinajstić information content (AvgIpc) is 2.88. The highest BCUT2D eigenvalue weighted by Gasteiger charge is 2.23. The van der Waals surface area contributed by atoms with Crippen molar-refractivity contribution in [3.05, 3.63) is 62.1 Å². The maximum Gasteiger partial charge on any atom is 0.196 e. The minimum Gasteiger partial charge on any atom is -0.492 e. The van der Waals surface area contributed by atoms with E-state index in [-0.39, 0.29) is 5.78 Å². The Hall–Kier alpha value is -1.22. The second kappa shape index (κ2) is 5.28. The highest BCUT2D eigenvalue weighted by molar-refractivity contribution is 6.42. The third-order valence-electron chi connectivity index (χ3n) is 3.17. The van der Waals surface area contributed by atoms with Crippen LogP contribution in [0.15, 0.2) is 30.3 Å². The molecule has 0 N–H and O–H groups in total. The number of halogens is 3. The van der Waals surface area contributed by atoms with Gasteiger partial charge in [-0.15, -0.1) is 0 Å². The summed E-state index contributed by atoms with van der Waals surface area (Å²) < 4.78 is 5.54. The van der Waals surface area contributed by atoms with Gasteiger partial charge < -0.3 is 4.74 Å². The van der Waals surface area contributed by atoms with Gasteiger partial charge in [0.25, 0.3) is 0 Å². The van der Waals surface area contributed by atoms with E-state index in [1.54, 1.807) is 24.3 Å². The quantitative estimate of drug-likeness (QED) is 0.740. The van der Waals surface area contributed by atoms with Gasteiger partial charge in [0.1, 0.15) is 5.75 Å². The molecule has 0 bridgehead atoms. The minimum atomic E-state index is -0.177. The van der Waals surface area contributed by atoms with Gasteiger partial charge >= 0.3 is 0 Å². The van der Waals surface area contributed by atoms with Crippen molar-refractivity contribution in [1.82, 2.24) is 0 Å². The molecule has 20 heavy (non-hydrogen) atoms. The molecule has 5 heteroatoms. The molecule has 0 saturated carbocycles. The molecule has 1 aliphatic rings. The lowest BCUT2D eigenvalue weighted by atomic mass is 10.00. The normalized spacial score (nSPS) is 12.9. The summed E-state index contributed by atoms with van der Waals surface area (Å²) in [7, 11) is 0. The number of fused-ring (bicyclic) bond motifs is 1. The molecule has 102 valence electrons. The number of benzene rings is 2. The number of carbonyl (C=O) groups is 1. The third-order valence-corrected chi connectivity index (χ3v) is 4.13. The number of ketones is 1. The monoisotopic (exact) mass is 326 g/mol. The van der Waals surface area contributed by atoms with E-state index in [0.29, 0.717) is 38.6 Å². The predicted octanol–water partition coefficient (Wildman–Crippen LogP) is 4.81. The van der Waals surface area contributed by atoms with Gasteiger partial charge in [-0.05, 0) is 35.9 Å². The summed E-state index contributed by atoms with van der Waals surface area (Å²) in [5.41, 5.74) is 1.88. The van der Waals surface area contributed by atoms with Gasteiger partial charge in [0.15, 0.2) is 5.78 Å². The summed E-state index contributed by atoms with van der Waals surface area (Å²) >= 11 is 17.9. The molecule has 0 unspecified atom stereocenters. The molecule has 0 aromatic heterocycles. The number of rotatable bonds is 2. The number of carbonyl (C=O) groups excluding carboxylic acids is 1. The summed E-state index contributed by atoms with van der Waals surface area (Å²) in [5, 5.41) is 1.28. The fourth-order valence-electron chi connectivity index (χ4n) is 2.23. The second-order valence-corrected chi connectivity index (χ2v) is 5.75. The molecule has 0 radical (unpaired) electrons. The van der Waals surface area contributed by atoms with Crippen LogP contribution in [0.1, 0.15) is 21.5 Å². The Balaban J connectivity index is 2.09. The van der Waals surface area contributed by atoms with Crippen LogP contribution >= 0.6 is 34.8 Å². The van der Waals surface area contributed by atoms with E-state index < -0.39 is 0 Å². The Morgan fingerprint density at radius 1 is 1.05 bits per heavy atom. The van der Waals surface area contributed by atoms with Crippen molar-refractivity contribution < 1.29 is 9.53 Å². The van der Waals surface area contributed by atoms with Crippen molar-refractivity contribution in [1.29, 1.82) is 0 Å². The van der Waals surface area contributed by atoms with E-state index >= 15 is 0 Å². The highest BCUT2D eigenvalue weighted by Crippen LogP contribution is 2.34. The van der Waals surface area contributed by atoms with Crippen molar-refractivity contribution in [2.75, 3.05) is 6.61 Å². The van der Waals surface area contributed by atoms with Gasteiger partial charge in [-0.25, -0.2) is 0 Å². The van der Waals surface area contributed by atoms with Crippen molar-refractivity contribution in [2.45, 2.75) is 6.42 Å². The summed E-state index contributed by atoms with van der Waals surface area (Å²) in [6.45, 7) is 0.567. The molecule has 0 aliphatic carbocycles. The zero-order valence-electron chi connectivity index (χ0n) is 10.3. The molecule has 0 atom stereocenters. The summed E-state index contributed by atoms with van der Waals surface area (Å²) in [6, 6.07) is 8.24. The van der Waals surface area contributed by atoms with E-state index in [2.05, 4.69) is 0 Å². The van der Waals surface area contributed by atoms with E-state index in [4.69, 9.17) is 39.5 Å². The maximum atomic E-state index is 12.6. The lowest BCUT2D eigenvalue weighted by Gasteiger charge is -2.09. The van der Waals surface area contributed by atoms with Crippen molar-refractivity contribution >= 4 is 40.6 Å². The molecule has 3 rings (SSSR count). The van der Waals surface area contributed by atoms with Gasteiger partial charge in [0, 0.05) is 17.0 Å². The molecule has 0 amide bonds. The fraction of sp³-hybridized carbons (Fsp3) is 0.133. The molecule has 1 heterocycles. The van der Waals surface area contributed by atoms with Crippen LogP contribution in [0.2, 0.25) is 15.1 Å². The topological polar surface area (TPSA) is 26.3 Å². The smallest absolute Gasteiger partial charge is 0.196 e. The van der Waals surface area contributed by atoms with Gasteiger partial charge in [-0.2, -0.15) is 0 Å². The van der Waals surface area contributed by atoms with Gasteiger partial charge in [-0.1, -0.05) is 34.8 Å². The van der Waals surface area contributed by atoms with Crippen LogP contribution in [0.4, 0.5) is 0 Å². The molecular formula is C15H9Cl3O2. The van der Waals surface area contributed by atoms with Crippen LogP contribution < -0.4 is 4.74 Å². The molecule has 2 aromatic carbocycles. The number of hydrogen-bond acceptors (Lipinski definition) is 2. The molecular weight excluding hydrogens is 319 g/mol. The summed E-state index contributed by atoms with van der Waals surface area (Å²) in [5.74, 6) is 0.440. The summed E-state index contributed by atoms with van der Waals surface area (Å²) in [4.78, 5) is 12.6. The van der Waals surface area contributed by atoms with Crippen LogP contribution in [-0.4, -0.2) is 12.4 Å². The standard InChI is InChI=1S/C15H9Cl3O2/c16-10-5-9-3-4-20-15(9)11(7-10)14(19)8-1-2-12(17)13(18)6-8/h1-2,5-7H,3-4H2. The lowest BCUT2D eigenvalue weighted by molar-refractivity contribution is 0.103. The van der Waals surface area contributed by atoms with Crippen LogP contribution in [-0.2, 0) is 6.42 Å². The zero-order chi connectivity index (χ0) is 14.3. The predicted molar refractivity (Wildman–Crippen MR) is 80.5 cm³/mol. The molecule has 2 nitrogen and oxygen atoms in total. The van der Waals surface area contributed by atoms with E-state index in [9.17, 15) is 4.79 Å². The molecule has 0 saturated heterocycles. The van der Waals surface area contributed by atoms with Gasteiger partial charge in [0.2, 0.25) is 0 Å². The van der Waals surface area contributed by atoms with Crippen LogP contribution in [0.3, 0.4) is 0 Å². The average molecular weight is 328 g/mol. The van der Waals surface area contributed by atoms with Crippen molar-refractivity contribution in [3.8, 4) is 5.75 Å². The minimum absolute atomic E-state index is 0.177.